The standard InChI is InChI=1S/C5H11N7O/c1-12(6)5(13)3-7-2-4-8-10-11-9-4/h7H,2-3,6H2,1H3,(H,8,9,10,11). The summed E-state index contributed by atoms with van der Waals surface area (Å²) in [7, 11) is 1.48. The van der Waals surface area contributed by atoms with E-state index in [2.05, 4.69) is 25.9 Å². The lowest BCUT2D eigenvalue weighted by Crippen LogP contribution is -2.39. The van der Waals surface area contributed by atoms with Crippen LogP contribution < -0.4 is 11.2 Å². The molecule has 13 heavy (non-hydrogen) atoms. The van der Waals surface area contributed by atoms with Crippen LogP contribution in [0.15, 0.2) is 0 Å². The van der Waals surface area contributed by atoms with Gasteiger partial charge >= 0.3 is 0 Å². The molecular weight excluding hydrogens is 174 g/mol. The average molecular weight is 185 g/mol. The second kappa shape index (κ2) is 4.48. The number of hydrogen-bond donors (Lipinski definition) is 3. The number of tetrazole rings is 1. The summed E-state index contributed by atoms with van der Waals surface area (Å²) in [5, 5.41) is 16.9. The van der Waals surface area contributed by atoms with Crippen molar-refractivity contribution in [1.82, 2.24) is 30.9 Å². The summed E-state index contributed by atoms with van der Waals surface area (Å²) in [5.41, 5.74) is 0. The summed E-state index contributed by atoms with van der Waals surface area (Å²) in [4.78, 5) is 10.9. The minimum Gasteiger partial charge on any atom is -0.301 e. The Morgan fingerprint density at radius 3 is 3.08 bits per heavy atom. The second-order valence-corrected chi connectivity index (χ2v) is 2.44. The van der Waals surface area contributed by atoms with Crippen molar-refractivity contribution in [3.63, 3.8) is 0 Å². The Labute approximate surface area is 74.4 Å². The molecule has 0 aliphatic rings. The first-order valence-corrected chi connectivity index (χ1v) is 3.64. The van der Waals surface area contributed by atoms with E-state index < -0.39 is 0 Å². The molecule has 0 saturated heterocycles. The number of nitrogens with two attached hydrogens (primary N) is 1. The zero-order valence-electron chi connectivity index (χ0n) is 7.19. The molecule has 0 fully saturated rings. The van der Waals surface area contributed by atoms with E-state index in [9.17, 15) is 4.79 Å². The summed E-state index contributed by atoms with van der Waals surface area (Å²) < 4.78 is 0. The Balaban J connectivity index is 2.18. The third kappa shape index (κ3) is 3.13. The second-order valence-electron chi connectivity index (χ2n) is 2.44. The fourth-order valence-corrected chi connectivity index (χ4v) is 0.663. The van der Waals surface area contributed by atoms with Crippen LogP contribution in [-0.2, 0) is 11.3 Å². The molecule has 0 aliphatic carbocycles. The van der Waals surface area contributed by atoms with Gasteiger partial charge in [0, 0.05) is 7.05 Å². The Morgan fingerprint density at radius 1 is 1.77 bits per heavy atom. The van der Waals surface area contributed by atoms with E-state index in [0.717, 1.165) is 5.01 Å². The summed E-state index contributed by atoms with van der Waals surface area (Å²) >= 11 is 0. The number of carbonyl (C=O) groups excluding carboxylic acids is 1. The number of hydrogen-bond acceptors (Lipinski definition) is 6. The smallest absolute Gasteiger partial charge is 0.250 e. The van der Waals surface area contributed by atoms with Crippen LogP contribution in [0, 0.1) is 0 Å². The molecule has 1 aromatic heterocycles. The highest BCUT2D eigenvalue weighted by Gasteiger charge is 2.04. The summed E-state index contributed by atoms with van der Waals surface area (Å²) in [5.74, 6) is 5.49. The quantitative estimate of drug-likeness (QED) is 0.274. The van der Waals surface area contributed by atoms with Crippen LogP contribution in [0.3, 0.4) is 0 Å². The molecule has 1 rings (SSSR count). The lowest BCUT2D eigenvalue weighted by Gasteiger charge is -2.09. The normalized spacial score (nSPS) is 10.0. The third-order valence-electron chi connectivity index (χ3n) is 1.34. The molecular formula is C5H11N7O. The number of nitrogens with one attached hydrogen (secondary N) is 2. The highest BCUT2D eigenvalue weighted by molar-refractivity contribution is 5.77. The fraction of sp³-hybridized carbons (Fsp3) is 0.600. The molecule has 0 unspecified atom stereocenters. The zero-order chi connectivity index (χ0) is 9.68. The van der Waals surface area contributed by atoms with Gasteiger partial charge in [0.25, 0.3) is 0 Å². The number of rotatable bonds is 4. The number of aromatic nitrogens is 4. The Kier molecular flexibility index (Phi) is 3.29. The molecule has 0 radical (unpaired) electrons. The van der Waals surface area contributed by atoms with E-state index in [-0.39, 0.29) is 12.5 Å². The number of carbonyl (C=O) groups is 1. The topological polar surface area (TPSA) is 113 Å². The van der Waals surface area contributed by atoms with Crippen LogP contribution in [0.4, 0.5) is 0 Å². The van der Waals surface area contributed by atoms with Crippen LogP contribution >= 0.6 is 0 Å². The maximum Gasteiger partial charge on any atom is 0.250 e. The molecule has 0 spiro atoms. The van der Waals surface area contributed by atoms with E-state index in [1.165, 1.54) is 7.05 Å². The first kappa shape index (κ1) is 9.55. The van der Waals surface area contributed by atoms with E-state index in [4.69, 9.17) is 5.84 Å². The predicted octanol–water partition coefficient (Wildman–Crippen LogP) is -2.38. The van der Waals surface area contributed by atoms with Crippen molar-refractivity contribution in [2.75, 3.05) is 13.6 Å². The van der Waals surface area contributed by atoms with Crippen molar-refractivity contribution < 1.29 is 4.79 Å². The minimum atomic E-state index is -0.205. The van der Waals surface area contributed by atoms with Crippen LogP contribution in [0.2, 0.25) is 0 Å². The Hall–Kier alpha value is -1.54. The highest BCUT2D eigenvalue weighted by Crippen LogP contribution is 1.81. The maximum atomic E-state index is 10.9. The summed E-state index contributed by atoms with van der Waals surface area (Å²) in [6, 6.07) is 0. The monoisotopic (exact) mass is 185 g/mol. The molecule has 1 amide bonds. The number of aromatic amines is 1. The van der Waals surface area contributed by atoms with Gasteiger partial charge in [-0.25, -0.2) is 5.84 Å². The van der Waals surface area contributed by atoms with Gasteiger partial charge in [-0.15, -0.1) is 10.2 Å². The van der Waals surface area contributed by atoms with Crippen molar-refractivity contribution >= 4 is 5.91 Å². The predicted molar refractivity (Wildman–Crippen MR) is 42.8 cm³/mol. The van der Waals surface area contributed by atoms with Crippen molar-refractivity contribution in [1.29, 1.82) is 0 Å². The average Bonchev–Trinajstić information content (AvgIpc) is 2.56. The number of amides is 1. The third-order valence-corrected chi connectivity index (χ3v) is 1.34. The molecule has 0 aliphatic heterocycles. The summed E-state index contributed by atoms with van der Waals surface area (Å²) in [6.45, 7) is 0.539. The largest absolute Gasteiger partial charge is 0.301 e. The summed E-state index contributed by atoms with van der Waals surface area (Å²) in [6.07, 6.45) is 0. The highest BCUT2D eigenvalue weighted by atomic mass is 16.2. The lowest BCUT2D eigenvalue weighted by atomic mass is 10.5. The van der Waals surface area contributed by atoms with Crippen molar-refractivity contribution in [2.24, 2.45) is 5.84 Å². The van der Waals surface area contributed by atoms with Gasteiger partial charge in [-0.05, 0) is 0 Å². The Bertz CT molecular complexity index is 256. The molecule has 1 heterocycles. The number of nitrogens with zero attached hydrogens (tertiary/aromatic N) is 4. The van der Waals surface area contributed by atoms with Gasteiger partial charge in [0.05, 0.1) is 13.1 Å². The van der Waals surface area contributed by atoms with Crippen LogP contribution in [0.1, 0.15) is 5.82 Å². The van der Waals surface area contributed by atoms with Gasteiger partial charge in [-0.2, -0.15) is 5.21 Å². The molecule has 72 valence electrons. The van der Waals surface area contributed by atoms with Gasteiger partial charge in [-0.1, -0.05) is 5.21 Å². The van der Waals surface area contributed by atoms with Gasteiger partial charge in [0.1, 0.15) is 0 Å². The van der Waals surface area contributed by atoms with Gasteiger partial charge < -0.3 is 5.32 Å². The lowest BCUT2D eigenvalue weighted by molar-refractivity contribution is -0.129. The van der Waals surface area contributed by atoms with Gasteiger partial charge in [0.15, 0.2) is 5.82 Å². The molecule has 8 heteroatoms. The molecule has 4 N–H and O–H groups in total. The van der Waals surface area contributed by atoms with E-state index in [1.807, 2.05) is 0 Å². The van der Waals surface area contributed by atoms with Crippen LogP contribution in [0.5, 0.6) is 0 Å². The molecule has 0 aromatic carbocycles. The molecule has 0 saturated carbocycles. The SMILES string of the molecule is CN(N)C(=O)CNCc1nn[nH]n1. The molecule has 8 nitrogen and oxygen atoms in total. The van der Waals surface area contributed by atoms with Gasteiger partial charge in [0.2, 0.25) is 5.91 Å². The number of H-pyrrole nitrogens is 1. The van der Waals surface area contributed by atoms with Crippen molar-refractivity contribution in [3.05, 3.63) is 5.82 Å². The first-order chi connectivity index (χ1) is 6.20. The fourth-order valence-electron chi connectivity index (χ4n) is 0.663. The number of hydrazine groups is 1. The maximum absolute atomic E-state index is 10.9. The van der Waals surface area contributed by atoms with Crippen LogP contribution in [0.25, 0.3) is 0 Å². The minimum absolute atomic E-state index is 0.154. The zero-order valence-corrected chi connectivity index (χ0v) is 7.19. The van der Waals surface area contributed by atoms with Crippen LogP contribution in [-0.4, -0.2) is 45.1 Å². The van der Waals surface area contributed by atoms with E-state index in [0.29, 0.717) is 12.4 Å². The molecule has 0 bridgehead atoms. The van der Waals surface area contributed by atoms with Gasteiger partial charge in [-0.3, -0.25) is 9.80 Å². The Morgan fingerprint density at radius 2 is 2.54 bits per heavy atom. The van der Waals surface area contributed by atoms with E-state index in [1.54, 1.807) is 0 Å². The van der Waals surface area contributed by atoms with Crippen molar-refractivity contribution in [3.8, 4) is 0 Å². The molecule has 0 atom stereocenters. The van der Waals surface area contributed by atoms with Crippen molar-refractivity contribution in [2.45, 2.75) is 6.54 Å². The molecule has 1 aromatic rings. The first-order valence-electron chi connectivity index (χ1n) is 3.64. The number of likely N-dealkylation sites (N-methyl/N-ethyl adjacent to an activating group) is 1. The van der Waals surface area contributed by atoms with E-state index >= 15 is 0 Å².